The number of hydrogen-bond donors (Lipinski definition) is 2. The molecule has 0 aromatic heterocycles. The van der Waals surface area contributed by atoms with Gasteiger partial charge >= 0.3 is 6.09 Å². The molecule has 166 valence electrons. The number of ether oxygens (including phenoxy) is 1. The van der Waals surface area contributed by atoms with Crippen LogP contribution < -0.4 is 5.32 Å². The molecular weight excluding hydrogens is 414 g/mol. The predicted molar refractivity (Wildman–Crippen MR) is 127 cm³/mol. The second kappa shape index (κ2) is 9.62. The summed E-state index contributed by atoms with van der Waals surface area (Å²) in [6.07, 6.45) is -0.0444. The Bertz CT molecular complexity index is 1240. The first-order chi connectivity index (χ1) is 16.0. The number of rotatable bonds is 5. The molecule has 0 bridgehead atoms. The molecule has 1 aliphatic carbocycles. The van der Waals surface area contributed by atoms with E-state index >= 15 is 0 Å². The van der Waals surface area contributed by atoms with Gasteiger partial charge in [-0.25, -0.2) is 4.79 Å². The zero-order chi connectivity index (χ0) is 23.4. The average molecular weight is 440 g/mol. The molecule has 0 heterocycles. The van der Waals surface area contributed by atoms with Crippen molar-refractivity contribution in [1.29, 1.82) is 0 Å². The number of aryl methyl sites for hydroxylation is 1. The van der Waals surface area contributed by atoms with Gasteiger partial charge in [0.25, 0.3) is 0 Å². The van der Waals surface area contributed by atoms with Gasteiger partial charge in [-0.2, -0.15) is 0 Å². The molecule has 5 heteroatoms. The van der Waals surface area contributed by atoms with Gasteiger partial charge in [-0.15, -0.1) is 0 Å². The Kier molecular flexibility index (Phi) is 6.46. The number of fused-ring (bicyclic) bond motifs is 3. The smallest absolute Gasteiger partial charge is 0.407 e. The Hall–Kier alpha value is -4.04. The van der Waals surface area contributed by atoms with Gasteiger partial charge in [0.2, 0.25) is 0 Å². The number of phenolic OH excluding ortho intramolecular Hbond substituents is 1. The van der Waals surface area contributed by atoms with E-state index in [4.69, 9.17) is 4.74 Å². The second-order valence-electron chi connectivity index (χ2n) is 8.04. The Morgan fingerprint density at radius 1 is 1.03 bits per heavy atom. The van der Waals surface area contributed by atoms with Crippen molar-refractivity contribution in [1.82, 2.24) is 5.32 Å². The molecule has 0 aliphatic heterocycles. The van der Waals surface area contributed by atoms with E-state index in [1.165, 1.54) is 35.2 Å². The maximum atomic E-state index is 12.2. The Balaban J connectivity index is 1.30. The summed E-state index contributed by atoms with van der Waals surface area (Å²) < 4.78 is 5.51. The van der Waals surface area contributed by atoms with Crippen LogP contribution >= 0.6 is 0 Å². The Morgan fingerprint density at radius 3 is 2.30 bits per heavy atom. The fraction of sp³-hybridized carbons (Fsp3) is 0.214. The lowest BCUT2D eigenvalue weighted by atomic mass is 9.98. The summed E-state index contributed by atoms with van der Waals surface area (Å²) in [7, 11) is 0. The number of hydrogen-bond acceptors (Lipinski definition) is 4. The summed E-state index contributed by atoms with van der Waals surface area (Å²) in [5.41, 5.74) is 6.48. The van der Waals surface area contributed by atoms with Gasteiger partial charge in [0.05, 0.1) is 5.56 Å². The lowest BCUT2D eigenvalue weighted by Gasteiger charge is -2.14. The lowest BCUT2D eigenvalue weighted by Crippen LogP contribution is -2.26. The molecular formula is C28H25NO4. The van der Waals surface area contributed by atoms with Crippen LogP contribution in [0.15, 0.2) is 60.7 Å². The van der Waals surface area contributed by atoms with Crippen LogP contribution in [-0.4, -0.2) is 30.1 Å². The van der Waals surface area contributed by atoms with E-state index in [0.29, 0.717) is 18.5 Å². The maximum absolute atomic E-state index is 12.2. The predicted octanol–water partition coefficient (Wildman–Crippen LogP) is 5.18. The number of ketones is 1. The third-order valence-corrected chi connectivity index (χ3v) is 5.81. The highest BCUT2D eigenvalue weighted by Crippen LogP contribution is 2.44. The van der Waals surface area contributed by atoms with Gasteiger partial charge in [0.15, 0.2) is 5.78 Å². The van der Waals surface area contributed by atoms with Gasteiger partial charge < -0.3 is 15.2 Å². The molecule has 0 atom stereocenters. The number of Topliss-reactive ketones (excluding diaryl/α,β-unsaturated/α-hetero) is 1. The summed E-state index contributed by atoms with van der Waals surface area (Å²) in [6, 6.07) is 19.6. The van der Waals surface area contributed by atoms with Crippen molar-refractivity contribution < 1.29 is 19.4 Å². The summed E-state index contributed by atoms with van der Waals surface area (Å²) >= 11 is 0. The number of benzene rings is 3. The SMILES string of the molecule is CC(=O)c1cc(C)c(C#CCCNC(=O)OCC2c3ccccc3-c3ccccc32)cc1O. The standard InChI is InChI=1S/C28H25NO4/c1-18-15-25(19(2)30)27(31)16-20(18)9-7-8-14-29-28(32)33-17-26-23-12-5-3-10-21(23)22-11-4-6-13-24(22)26/h3-6,10-13,15-16,26,31H,8,14,17H2,1-2H3,(H,29,32). The number of aromatic hydroxyl groups is 1. The molecule has 0 fully saturated rings. The fourth-order valence-corrected chi connectivity index (χ4v) is 4.15. The van der Waals surface area contributed by atoms with Gasteiger partial charge in [-0.05, 0) is 53.8 Å². The van der Waals surface area contributed by atoms with E-state index in [9.17, 15) is 14.7 Å². The second-order valence-corrected chi connectivity index (χ2v) is 8.04. The molecule has 33 heavy (non-hydrogen) atoms. The van der Waals surface area contributed by atoms with E-state index < -0.39 is 6.09 Å². The van der Waals surface area contributed by atoms with Crippen molar-refractivity contribution in [2.24, 2.45) is 0 Å². The quantitative estimate of drug-likeness (QED) is 0.326. The highest BCUT2D eigenvalue weighted by atomic mass is 16.5. The molecule has 0 unspecified atom stereocenters. The molecule has 1 aliphatic rings. The molecule has 0 saturated carbocycles. The van der Waals surface area contributed by atoms with Crippen LogP contribution in [0.25, 0.3) is 11.1 Å². The minimum absolute atomic E-state index is 0.0246. The molecule has 0 saturated heterocycles. The van der Waals surface area contributed by atoms with Gasteiger partial charge in [-0.3, -0.25) is 4.79 Å². The van der Waals surface area contributed by atoms with Crippen LogP contribution in [0.3, 0.4) is 0 Å². The largest absolute Gasteiger partial charge is 0.507 e. The van der Waals surface area contributed by atoms with Gasteiger partial charge in [-0.1, -0.05) is 60.4 Å². The number of phenols is 1. The van der Waals surface area contributed by atoms with Crippen LogP contribution in [-0.2, 0) is 4.74 Å². The van der Waals surface area contributed by atoms with Crippen molar-refractivity contribution >= 4 is 11.9 Å². The topological polar surface area (TPSA) is 75.6 Å². The van der Waals surface area contributed by atoms with Crippen molar-refractivity contribution in [3.8, 4) is 28.7 Å². The molecule has 4 rings (SSSR count). The van der Waals surface area contributed by atoms with Crippen LogP contribution in [0.2, 0.25) is 0 Å². The van der Waals surface area contributed by atoms with E-state index in [0.717, 1.165) is 5.56 Å². The Labute approximate surface area is 193 Å². The summed E-state index contributed by atoms with van der Waals surface area (Å²) in [5, 5.41) is 12.7. The van der Waals surface area contributed by atoms with Crippen molar-refractivity contribution in [2.75, 3.05) is 13.2 Å². The zero-order valence-electron chi connectivity index (χ0n) is 18.6. The fourth-order valence-electron chi connectivity index (χ4n) is 4.15. The third-order valence-electron chi connectivity index (χ3n) is 5.81. The first-order valence-corrected chi connectivity index (χ1v) is 10.9. The minimum Gasteiger partial charge on any atom is -0.507 e. The van der Waals surface area contributed by atoms with Crippen LogP contribution in [0.4, 0.5) is 4.79 Å². The molecule has 3 aromatic rings. The van der Waals surface area contributed by atoms with Crippen molar-refractivity contribution in [3.05, 3.63) is 88.5 Å². The van der Waals surface area contributed by atoms with E-state index in [1.807, 2.05) is 31.2 Å². The maximum Gasteiger partial charge on any atom is 0.407 e. The summed E-state index contributed by atoms with van der Waals surface area (Å²) in [5.74, 6) is 5.72. The lowest BCUT2D eigenvalue weighted by molar-refractivity contribution is 0.101. The molecule has 2 N–H and O–H groups in total. The monoisotopic (exact) mass is 439 g/mol. The summed E-state index contributed by atoms with van der Waals surface area (Å²) in [6.45, 7) is 3.87. The van der Waals surface area contributed by atoms with Crippen LogP contribution in [0, 0.1) is 18.8 Å². The van der Waals surface area contributed by atoms with Gasteiger partial charge in [0, 0.05) is 24.4 Å². The number of carbonyl (C=O) groups is 2. The molecule has 0 spiro atoms. The first-order valence-electron chi connectivity index (χ1n) is 10.9. The number of alkyl carbamates (subject to hydrolysis) is 1. The molecule has 0 radical (unpaired) electrons. The normalized spacial score (nSPS) is 11.7. The van der Waals surface area contributed by atoms with Crippen molar-refractivity contribution in [2.45, 2.75) is 26.2 Å². The van der Waals surface area contributed by atoms with Gasteiger partial charge in [0.1, 0.15) is 12.4 Å². The summed E-state index contributed by atoms with van der Waals surface area (Å²) in [4.78, 5) is 23.7. The van der Waals surface area contributed by atoms with Crippen molar-refractivity contribution in [3.63, 3.8) is 0 Å². The van der Waals surface area contributed by atoms with Crippen LogP contribution in [0.5, 0.6) is 5.75 Å². The van der Waals surface area contributed by atoms with Crippen LogP contribution in [0.1, 0.15) is 51.9 Å². The highest BCUT2D eigenvalue weighted by Gasteiger charge is 2.28. The Morgan fingerprint density at radius 2 is 1.67 bits per heavy atom. The highest BCUT2D eigenvalue weighted by molar-refractivity contribution is 5.97. The minimum atomic E-state index is -0.474. The van der Waals surface area contributed by atoms with E-state index in [1.54, 1.807) is 6.07 Å². The molecule has 5 nitrogen and oxygen atoms in total. The van der Waals surface area contributed by atoms with E-state index in [-0.39, 0.29) is 29.6 Å². The molecule has 1 amide bonds. The van der Waals surface area contributed by atoms with E-state index in [2.05, 4.69) is 41.4 Å². The number of amides is 1. The average Bonchev–Trinajstić information content (AvgIpc) is 3.13. The zero-order valence-corrected chi connectivity index (χ0v) is 18.6. The molecule has 3 aromatic carbocycles. The number of nitrogens with one attached hydrogen (secondary N) is 1. The third kappa shape index (κ3) is 4.75. The number of carbonyl (C=O) groups excluding carboxylic acids is 2. The first kappa shape index (κ1) is 22.2.